The molecule has 0 saturated carbocycles. The highest BCUT2D eigenvalue weighted by Crippen LogP contribution is 2.27. The molecule has 1 aliphatic heterocycles. The summed E-state index contributed by atoms with van der Waals surface area (Å²) in [6.45, 7) is 8.46. The summed E-state index contributed by atoms with van der Waals surface area (Å²) in [5.74, 6) is 0. The summed E-state index contributed by atoms with van der Waals surface area (Å²) in [7, 11) is 0. The van der Waals surface area contributed by atoms with Crippen LogP contribution < -0.4 is 4.90 Å². The average Bonchev–Trinajstić information content (AvgIpc) is 3.03. The number of benzene rings is 2. The van der Waals surface area contributed by atoms with Gasteiger partial charge in [-0.2, -0.15) is 5.10 Å². The topological polar surface area (TPSA) is 24.3 Å². The maximum atomic E-state index is 6.11. The third kappa shape index (κ3) is 4.02. The SMILES string of the molecule is CC(C)N1CCN(Cc2cnn(-c3cccc(Cl)c3)c2)Cc2ccccc21. The molecule has 0 saturated heterocycles. The van der Waals surface area contributed by atoms with E-state index in [-0.39, 0.29) is 0 Å². The number of hydrogen-bond acceptors (Lipinski definition) is 3. The van der Waals surface area contributed by atoms with Crippen LogP contribution in [0.5, 0.6) is 0 Å². The summed E-state index contributed by atoms with van der Waals surface area (Å²) in [4.78, 5) is 5.01. The van der Waals surface area contributed by atoms with Gasteiger partial charge in [-0.25, -0.2) is 4.68 Å². The summed E-state index contributed by atoms with van der Waals surface area (Å²) < 4.78 is 1.90. The van der Waals surface area contributed by atoms with E-state index in [1.165, 1.54) is 16.8 Å². The molecule has 0 amide bonds. The van der Waals surface area contributed by atoms with Gasteiger partial charge in [0.05, 0.1) is 11.9 Å². The second kappa shape index (κ2) is 7.75. The summed E-state index contributed by atoms with van der Waals surface area (Å²) in [6.07, 6.45) is 4.06. The van der Waals surface area contributed by atoms with Gasteiger partial charge in [-0.1, -0.05) is 35.9 Å². The zero-order chi connectivity index (χ0) is 18.8. The number of aromatic nitrogens is 2. The highest BCUT2D eigenvalue weighted by Gasteiger charge is 2.21. The number of rotatable bonds is 4. The smallest absolute Gasteiger partial charge is 0.0660 e. The van der Waals surface area contributed by atoms with Gasteiger partial charge in [0.15, 0.2) is 0 Å². The Hall–Kier alpha value is -2.30. The second-order valence-corrected chi connectivity index (χ2v) is 7.84. The van der Waals surface area contributed by atoms with E-state index >= 15 is 0 Å². The van der Waals surface area contributed by atoms with Crippen LogP contribution in [0.1, 0.15) is 25.0 Å². The van der Waals surface area contributed by atoms with Gasteiger partial charge in [0.2, 0.25) is 0 Å². The van der Waals surface area contributed by atoms with Crippen molar-refractivity contribution in [1.29, 1.82) is 0 Å². The Kier molecular flexibility index (Phi) is 5.19. The van der Waals surface area contributed by atoms with Crippen LogP contribution in [0.25, 0.3) is 5.69 Å². The van der Waals surface area contributed by atoms with Gasteiger partial charge in [-0.05, 0) is 43.7 Å². The molecule has 0 bridgehead atoms. The maximum Gasteiger partial charge on any atom is 0.0660 e. The van der Waals surface area contributed by atoms with Crippen molar-refractivity contribution < 1.29 is 0 Å². The molecule has 0 N–H and O–H groups in total. The van der Waals surface area contributed by atoms with Gasteiger partial charge < -0.3 is 4.90 Å². The predicted molar refractivity (Wildman–Crippen MR) is 112 cm³/mol. The quantitative estimate of drug-likeness (QED) is 0.652. The van der Waals surface area contributed by atoms with E-state index in [1.807, 2.05) is 35.1 Å². The molecule has 0 atom stereocenters. The van der Waals surface area contributed by atoms with Crippen LogP contribution in [0.4, 0.5) is 5.69 Å². The lowest BCUT2D eigenvalue weighted by Gasteiger charge is -2.29. The van der Waals surface area contributed by atoms with Gasteiger partial charge in [-0.3, -0.25) is 4.90 Å². The normalized spacial score (nSPS) is 15.0. The summed E-state index contributed by atoms with van der Waals surface area (Å²) in [5.41, 5.74) is 4.96. The molecule has 0 unspecified atom stereocenters. The van der Waals surface area contributed by atoms with E-state index < -0.39 is 0 Å². The van der Waals surface area contributed by atoms with Crippen LogP contribution >= 0.6 is 11.6 Å². The second-order valence-electron chi connectivity index (χ2n) is 7.40. The summed E-state index contributed by atoms with van der Waals surface area (Å²) in [5, 5.41) is 5.25. The molecule has 5 heteroatoms. The van der Waals surface area contributed by atoms with Crippen LogP contribution in [0.3, 0.4) is 0 Å². The van der Waals surface area contributed by atoms with Gasteiger partial charge in [0.25, 0.3) is 0 Å². The van der Waals surface area contributed by atoms with Gasteiger partial charge in [0.1, 0.15) is 0 Å². The van der Waals surface area contributed by atoms with Crippen molar-refractivity contribution in [2.75, 3.05) is 18.0 Å². The van der Waals surface area contributed by atoms with Crippen LogP contribution in [0, 0.1) is 0 Å². The standard InChI is InChI=1S/C22H25ClN4/c1-17(2)26-11-10-25(16-19-6-3-4-9-22(19)26)14-18-13-24-27(15-18)21-8-5-7-20(23)12-21/h3-9,12-13,15,17H,10-11,14,16H2,1-2H3. The van der Waals surface area contributed by atoms with Crippen LogP contribution in [-0.4, -0.2) is 33.8 Å². The molecule has 27 heavy (non-hydrogen) atoms. The first-order valence-electron chi connectivity index (χ1n) is 9.46. The fourth-order valence-electron chi connectivity index (χ4n) is 3.75. The first kappa shape index (κ1) is 18.1. The molecule has 2 aromatic carbocycles. The minimum absolute atomic E-state index is 0.497. The molecule has 4 nitrogen and oxygen atoms in total. The molecule has 0 aliphatic carbocycles. The molecule has 0 spiro atoms. The number of anilines is 1. The highest BCUT2D eigenvalue weighted by molar-refractivity contribution is 6.30. The summed E-state index contributed by atoms with van der Waals surface area (Å²) >= 11 is 6.11. The van der Waals surface area contributed by atoms with Gasteiger partial charge >= 0.3 is 0 Å². The largest absolute Gasteiger partial charge is 0.368 e. The van der Waals surface area contributed by atoms with Crippen molar-refractivity contribution >= 4 is 17.3 Å². The Balaban J connectivity index is 1.52. The van der Waals surface area contributed by atoms with E-state index in [4.69, 9.17) is 11.6 Å². The molecule has 3 aromatic rings. The predicted octanol–water partition coefficient (Wildman–Crippen LogP) is 4.76. The third-order valence-corrected chi connectivity index (χ3v) is 5.33. The van der Waals surface area contributed by atoms with Crippen molar-refractivity contribution in [3.05, 3.63) is 77.1 Å². The number of nitrogens with zero attached hydrogens (tertiary/aromatic N) is 4. The first-order valence-corrected chi connectivity index (χ1v) is 9.84. The fourth-order valence-corrected chi connectivity index (χ4v) is 3.93. The molecule has 0 fully saturated rings. The Bertz CT molecular complexity index is 918. The molecule has 1 aliphatic rings. The summed E-state index contributed by atoms with van der Waals surface area (Å²) in [6, 6.07) is 17.0. The minimum atomic E-state index is 0.497. The van der Waals surface area contributed by atoms with Crippen molar-refractivity contribution in [1.82, 2.24) is 14.7 Å². The van der Waals surface area contributed by atoms with E-state index in [0.717, 1.165) is 36.9 Å². The Morgan fingerprint density at radius 1 is 1.07 bits per heavy atom. The number of halogens is 1. The zero-order valence-electron chi connectivity index (χ0n) is 15.8. The monoisotopic (exact) mass is 380 g/mol. The third-order valence-electron chi connectivity index (χ3n) is 5.09. The molecule has 1 aromatic heterocycles. The van der Waals surface area contributed by atoms with E-state index in [9.17, 15) is 0 Å². The number of para-hydroxylation sites is 1. The van der Waals surface area contributed by atoms with E-state index in [0.29, 0.717) is 6.04 Å². The van der Waals surface area contributed by atoms with Gasteiger partial charge in [0, 0.05) is 54.7 Å². The van der Waals surface area contributed by atoms with Crippen molar-refractivity contribution in [2.24, 2.45) is 0 Å². The zero-order valence-corrected chi connectivity index (χ0v) is 16.6. The molecule has 0 radical (unpaired) electrons. The number of hydrogen-bond donors (Lipinski definition) is 0. The molecule has 2 heterocycles. The van der Waals surface area contributed by atoms with Crippen LogP contribution in [-0.2, 0) is 13.1 Å². The van der Waals surface area contributed by atoms with Crippen molar-refractivity contribution in [3.63, 3.8) is 0 Å². The lowest BCUT2D eigenvalue weighted by molar-refractivity contribution is 0.267. The lowest BCUT2D eigenvalue weighted by Crippen LogP contribution is -2.35. The molecular weight excluding hydrogens is 356 g/mol. The van der Waals surface area contributed by atoms with Crippen LogP contribution in [0.2, 0.25) is 5.02 Å². The lowest BCUT2D eigenvalue weighted by atomic mass is 10.1. The van der Waals surface area contributed by atoms with Crippen LogP contribution in [0.15, 0.2) is 60.9 Å². The van der Waals surface area contributed by atoms with Crippen molar-refractivity contribution in [3.8, 4) is 5.69 Å². The molecule has 140 valence electrons. The molecular formula is C22H25ClN4. The van der Waals surface area contributed by atoms with Gasteiger partial charge in [-0.15, -0.1) is 0 Å². The fraction of sp³-hybridized carbons (Fsp3) is 0.318. The van der Waals surface area contributed by atoms with E-state index in [2.05, 4.69) is 59.2 Å². The Morgan fingerprint density at radius 3 is 2.74 bits per heavy atom. The highest BCUT2D eigenvalue weighted by atomic mass is 35.5. The number of fused-ring (bicyclic) bond motifs is 1. The molecule has 4 rings (SSSR count). The first-order chi connectivity index (χ1) is 13.1. The Labute approximate surface area is 166 Å². The minimum Gasteiger partial charge on any atom is -0.368 e. The van der Waals surface area contributed by atoms with E-state index in [1.54, 1.807) is 0 Å². The van der Waals surface area contributed by atoms with Crippen molar-refractivity contribution in [2.45, 2.75) is 33.0 Å². The maximum absolute atomic E-state index is 6.11. The average molecular weight is 381 g/mol. The Morgan fingerprint density at radius 2 is 1.93 bits per heavy atom.